The molecule has 2 N–H and O–H groups in total. The summed E-state index contributed by atoms with van der Waals surface area (Å²) in [5, 5.41) is 0. The molecule has 2 heterocycles. The van der Waals surface area contributed by atoms with Crippen molar-refractivity contribution in [3.05, 3.63) is 72.6 Å². The average Bonchev–Trinajstić information content (AvgIpc) is 3.16. The summed E-state index contributed by atoms with van der Waals surface area (Å²) < 4.78 is 0. The molecular weight excluding hydrogens is 440 g/mol. The Hall–Kier alpha value is -3.78. The standard InChI is InChI=1S/C27H30N6O2/c1-31(2)21-11-13-27(14-12-21)18-32(26(35)33(27)22-9-4-3-5-10-22)23-16-29-25(30-17-23)20-8-6-7-19(15-20)24(28)34/h3-10,15-17,21H,11-14,18H2,1-2H3,(H2,28,34). The lowest BCUT2D eigenvalue weighted by Gasteiger charge is -2.43. The van der Waals surface area contributed by atoms with E-state index in [1.165, 1.54) is 0 Å². The molecule has 8 heteroatoms. The Bertz CT molecular complexity index is 1220. The van der Waals surface area contributed by atoms with Crippen LogP contribution >= 0.6 is 0 Å². The molecule has 35 heavy (non-hydrogen) atoms. The molecule has 0 bridgehead atoms. The summed E-state index contributed by atoms with van der Waals surface area (Å²) in [5.74, 6) is -0.0222. The van der Waals surface area contributed by atoms with Crippen molar-refractivity contribution in [3.8, 4) is 11.4 Å². The molecule has 2 aromatic carbocycles. The van der Waals surface area contributed by atoms with Crippen LogP contribution in [0.15, 0.2) is 67.0 Å². The van der Waals surface area contributed by atoms with Gasteiger partial charge in [-0.25, -0.2) is 14.8 Å². The third-order valence-corrected chi connectivity index (χ3v) is 7.33. The fraction of sp³-hybridized carbons (Fsp3) is 0.333. The van der Waals surface area contributed by atoms with Gasteiger partial charge in [-0.3, -0.25) is 14.6 Å². The number of nitrogens with two attached hydrogens (primary N) is 1. The van der Waals surface area contributed by atoms with Crippen molar-refractivity contribution in [1.29, 1.82) is 0 Å². The number of carbonyl (C=O) groups excluding carboxylic acids is 2. The Morgan fingerprint density at radius 1 is 1.00 bits per heavy atom. The number of primary amides is 1. The number of carbonyl (C=O) groups is 2. The van der Waals surface area contributed by atoms with Crippen LogP contribution in [0.4, 0.5) is 16.2 Å². The first kappa shape index (κ1) is 23.0. The van der Waals surface area contributed by atoms with Crippen molar-refractivity contribution in [1.82, 2.24) is 14.9 Å². The lowest BCUT2D eigenvalue weighted by Crippen LogP contribution is -2.52. The van der Waals surface area contributed by atoms with Gasteiger partial charge in [-0.2, -0.15) is 0 Å². The number of aromatic nitrogens is 2. The van der Waals surface area contributed by atoms with E-state index < -0.39 is 5.91 Å². The largest absolute Gasteiger partial charge is 0.366 e. The highest BCUT2D eigenvalue weighted by molar-refractivity contribution is 6.07. The van der Waals surface area contributed by atoms with Gasteiger partial charge in [0.2, 0.25) is 5.91 Å². The number of anilines is 2. The van der Waals surface area contributed by atoms with E-state index >= 15 is 0 Å². The SMILES string of the molecule is CN(C)C1CCC2(CC1)CN(c1cnc(-c3cccc(C(N)=O)c3)nc1)C(=O)N2c1ccccc1. The van der Waals surface area contributed by atoms with Gasteiger partial charge in [0, 0.05) is 22.9 Å². The Morgan fingerprint density at radius 3 is 2.31 bits per heavy atom. The summed E-state index contributed by atoms with van der Waals surface area (Å²) in [6, 6.07) is 17.3. The maximum atomic E-state index is 13.8. The highest BCUT2D eigenvalue weighted by Gasteiger charge is 2.52. The molecule has 5 rings (SSSR count). The fourth-order valence-electron chi connectivity index (χ4n) is 5.38. The molecule has 3 aromatic rings. The van der Waals surface area contributed by atoms with Crippen LogP contribution in [0, 0.1) is 0 Å². The van der Waals surface area contributed by atoms with Crippen molar-refractivity contribution in [2.45, 2.75) is 37.3 Å². The molecule has 1 aliphatic heterocycles. The van der Waals surface area contributed by atoms with E-state index in [1.807, 2.05) is 41.3 Å². The zero-order valence-electron chi connectivity index (χ0n) is 20.1. The van der Waals surface area contributed by atoms with E-state index in [-0.39, 0.29) is 11.6 Å². The van der Waals surface area contributed by atoms with E-state index in [4.69, 9.17) is 5.73 Å². The van der Waals surface area contributed by atoms with Crippen LogP contribution in [-0.4, -0.2) is 59.0 Å². The second-order valence-electron chi connectivity index (χ2n) is 9.67. The van der Waals surface area contributed by atoms with Gasteiger partial charge in [0.1, 0.15) is 0 Å². The van der Waals surface area contributed by atoms with Gasteiger partial charge in [-0.05, 0) is 64.0 Å². The van der Waals surface area contributed by atoms with Crippen molar-refractivity contribution in [2.24, 2.45) is 5.73 Å². The monoisotopic (exact) mass is 470 g/mol. The van der Waals surface area contributed by atoms with Crippen LogP contribution in [0.2, 0.25) is 0 Å². The predicted molar refractivity (Wildman–Crippen MR) is 136 cm³/mol. The van der Waals surface area contributed by atoms with Crippen molar-refractivity contribution < 1.29 is 9.59 Å². The van der Waals surface area contributed by atoms with Crippen molar-refractivity contribution >= 4 is 23.3 Å². The Kier molecular flexibility index (Phi) is 5.98. The minimum absolute atomic E-state index is 0.0495. The molecule has 1 spiro atoms. The first-order valence-electron chi connectivity index (χ1n) is 11.9. The number of hydrogen-bond donors (Lipinski definition) is 1. The summed E-state index contributed by atoms with van der Waals surface area (Å²) in [6.45, 7) is 0.598. The Morgan fingerprint density at radius 2 is 1.69 bits per heavy atom. The third kappa shape index (κ3) is 4.25. The molecule has 0 unspecified atom stereocenters. The number of urea groups is 1. The molecule has 1 aliphatic carbocycles. The molecule has 2 fully saturated rings. The summed E-state index contributed by atoms with van der Waals surface area (Å²) >= 11 is 0. The summed E-state index contributed by atoms with van der Waals surface area (Å²) in [6.07, 6.45) is 7.33. The average molecular weight is 471 g/mol. The smallest absolute Gasteiger partial charge is 0.329 e. The fourth-order valence-corrected chi connectivity index (χ4v) is 5.38. The molecule has 3 amide bonds. The van der Waals surface area contributed by atoms with Gasteiger partial charge in [-0.15, -0.1) is 0 Å². The van der Waals surface area contributed by atoms with E-state index in [1.54, 1.807) is 35.5 Å². The van der Waals surface area contributed by atoms with Gasteiger partial charge in [0.05, 0.1) is 30.2 Å². The topological polar surface area (TPSA) is 95.7 Å². The summed E-state index contributed by atoms with van der Waals surface area (Å²) in [4.78, 5) is 40.4. The second-order valence-corrected chi connectivity index (χ2v) is 9.67. The number of benzene rings is 2. The molecular formula is C27H30N6O2. The van der Waals surface area contributed by atoms with Crippen LogP contribution in [0.1, 0.15) is 36.0 Å². The molecule has 1 saturated heterocycles. The lowest BCUT2D eigenvalue weighted by molar-refractivity contribution is 0.100. The third-order valence-electron chi connectivity index (χ3n) is 7.33. The number of rotatable bonds is 5. The predicted octanol–water partition coefficient (Wildman–Crippen LogP) is 3.93. The number of hydrogen-bond acceptors (Lipinski definition) is 5. The first-order valence-corrected chi connectivity index (χ1v) is 11.9. The second kappa shape index (κ2) is 9.11. The van der Waals surface area contributed by atoms with E-state index in [9.17, 15) is 9.59 Å². The van der Waals surface area contributed by atoms with Crippen LogP contribution < -0.4 is 15.5 Å². The van der Waals surface area contributed by atoms with Crippen molar-refractivity contribution in [3.63, 3.8) is 0 Å². The van der Waals surface area contributed by atoms with Crippen LogP contribution in [0.3, 0.4) is 0 Å². The van der Waals surface area contributed by atoms with E-state index in [2.05, 4.69) is 29.0 Å². The van der Waals surface area contributed by atoms with Crippen LogP contribution in [0.5, 0.6) is 0 Å². The minimum Gasteiger partial charge on any atom is -0.366 e. The molecule has 1 saturated carbocycles. The molecule has 1 aromatic heterocycles. The van der Waals surface area contributed by atoms with E-state index in [0.29, 0.717) is 35.2 Å². The zero-order chi connectivity index (χ0) is 24.6. The van der Waals surface area contributed by atoms with Gasteiger partial charge in [0.15, 0.2) is 5.82 Å². The zero-order valence-corrected chi connectivity index (χ0v) is 20.1. The van der Waals surface area contributed by atoms with Crippen LogP contribution in [0.25, 0.3) is 11.4 Å². The summed E-state index contributed by atoms with van der Waals surface area (Å²) in [7, 11) is 4.25. The molecule has 0 radical (unpaired) electrons. The van der Waals surface area contributed by atoms with E-state index in [0.717, 1.165) is 31.4 Å². The maximum absolute atomic E-state index is 13.8. The van der Waals surface area contributed by atoms with Crippen molar-refractivity contribution in [2.75, 3.05) is 30.4 Å². The molecule has 180 valence electrons. The van der Waals surface area contributed by atoms with Gasteiger partial charge in [0.25, 0.3) is 0 Å². The highest BCUT2D eigenvalue weighted by Crippen LogP contribution is 2.44. The van der Waals surface area contributed by atoms with Crippen LogP contribution in [-0.2, 0) is 0 Å². The first-order chi connectivity index (χ1) is 16.9. The van der Waals surface area contributed by atoms with Gasteiger partial charge < -0.3 is 10.6 Å². The molecule has 8 nitrogen and oxygen atoms in total. The van der Waals surface area contributed by atoms with Gasteiger partial charge >= 0.3 is 6.03 Å². The quantitative estimate of drug-likeness (QED) is 0.610. The maximum Gasteiger partial charge on any atom is 0.329 e. The Labute approximate surface area is 205 Å². The Balaban J connectivity index is 1.45. The number of para-hydroxylation sites is 1. The lowest BCUT2D eigenvalue weighted by atomic mass is 9.78. The number of nitrogens with zero attached hydrogens (tertiary/aromatic N) is 5. The normalized spacial score (nSPS) is 22.3. The molecule has 2 aliphatic rings. The highest BCUT2D eigenvalue weighted by atomic mass is 16.2. The minimum atomic E-state index is -0.499. The number of amides is 3. The summed E-state index contributed by atoms with van der Waals surface area (Å²) in [5.41, 5.74) is 7.83. The van der Waals surface area contributed by atoms with Gasteiger partial charge in [-0.1, -0.05) is 30.3 Å². The molecule has 0 atom stereocenters.